The monoisotopic (exact) mass is 364 g/mol. The number of halogens is 1. The van der Waals surface area contributed by atoms with Gasteiger partial charge in [-0.05, 0) is 38.0 Å². The Kier molecular flexibility index (Phi) is 5.45. The van der Waals surface area contributed by atoms with Crippen molar-refractivity contribution < 1.29 is 9.18 Å². The average Bonchev–Trinajstić information content (AvgIpc) is 2.64. The third-order valence-electron chi connectivity index (χ3n) is 4.23. The van der Waals surface area contributed by atoms with Crippen LogP contribution in [0.5, 0.6) is 0 Å². The van der Waals surface area contributed by atoms with Crippen LogP contribution >= 0.6 is 0 Å². The molecule has 0 fully saturated rings. The molecule has 1 amide bonds. The molecule has 2 N–H and O–H groups in total. The van der Waals surface area contributed by atoms with E-state index in [1.807, 2.05) is 32.9 Å². The van der Waals surface area contributed by atoms with Gasteiger partial charge in [0, 0.05) is 23.9 Å². The summed E-state index contributed by atoms with van der Waals surface area (Å²) in [7, 11) is 0. The van der Waals surface area contributed by atoms with E-state index in [1.165, 1.54) is 12.4 Å². The molecule has 1 heterocycles. The number of anilines is 2. The van der Waals surface area contributed by atoms with E-state index in [1.54, 1.807) is 24.3 Å². The van der Waals surface area contributed by atoms with Crippen molar-refractivity contribution in [3.63, 3.8) is 0 Å². The first-order valence-corrected chi connectivity index (χ1v) is 8.62. The van der Waals surface area contributed by atoms with Gasteiger partial charge in [-0.2, -0.15) is 0 Å². The quantitative estimate of drug-likeness (QED) is 0.704. The topological polar surface area (TPSA) is 66.9 Å². The molecule has 0 aliphatic carbocycles. The van der Waals surface area contributed by atoms with Gasteiger partial charge < -0.3 is 10.6 Å². The molecule has 1 aromatic heterocycles. The second kappa shape index (κ2) is 7.95. The van der Waals surface area contributed by atoms with Crippen LogP contribution in [0.15, 0.2) is 48.8 Å². The normalized spacial score (nSPS) is 10.5. The molecule has 0 aliphatic heterocycles. The summed E-state index contributed by atoms with van der Waals surface area (Å²) in [6.07, 6.45) is 1.31. The number of rotatable bonds is 5. The van der Waals surface area contributed by atoms with E-state index in [0.717, 1.165) is 22.4 Å². The molecule has 0 unspecified atom stereocenters. The lowest BCUT2D eigenvalue weighted by atomic mass is 10.0. The van der Waals surface area contributed by atoms with Gasteiger partial charge in [-0.1, -0.05) is 35.9 Å². The van der Waals surface area contributed by atoms with Gasteiger partial charge in [-0.15, -0.1) is 0 Å². The van der Waals surface area contributed by atoms with E-state index in [-0.39, 0.29) is 24.0 Å². The van der Waals surface area contributed by atoms with Crippen molar-refractivity contribution in [2.45, 2.75) is 27.3 Å². The smallest absolute Gasteiger partial charge is 0.274 e. The van der Waals surface area contributed by atoms with Gasteiger partial charge in [0.05, 0.1) is 0 Å². The summed E-state index contributed by atoms with van der Waals surface area (Å²) in [4.78, 5) is 20.7. The summed E-state index contributed by atoms with van der Waals surface area (Å²) >= 11 is 0. The lowest BCUT2D eigenvalue weighted by Gasteiger charge is -2.13. The number of carbonyl (C=O) groups is 1. The highest BCUT2D eigenvalue weighted by atomic mass is 19.1. The largest absolute Gasteiger partial charge is 0.366 e. The molecular formula is C21H21FN4O. The van der Waals surface area contributed by atoms with Crippen molar-refractivity contribution in [2.75, 3.05) is 10.6 Å². The molecule has 0 saturated heterocycles. The van der Waals surface area contributed by atoms with Crippen LogP contribution in [-0.2, 0) is 6.54 Å². The Morgan fingerprint density at radius 2 is 1.74 bits per heavy atom. The van der Waals surface area contributed by atoms with Crippen LogP contribution in [0, 0.1) is 26.6 Å². The fourth-order valence-corrected chi connectivity index (χ4v) is 2.96. The zero-order valence-electron chi connectivity index (χ0n) is 15.5. The predicted octanol–water partition coefficient (Wildman–Crippen LogP) is 4.41. The summed E-state index contributed by atoms with van der Waals surface area (Å²) in [5.41, 5.74) is 4.67. The molecule has 0 spiro atoms. The zero-order chi connectivity index (χ0) is 19.4. The Morgan fingerprint density at radius 1 is 1.04 bits per heavy atom. The molecule has 0 aliphatic rings. The van der Waals surface area contributed by atoms with Crippen molar-refractivity contribution in [2.24, 2.45) is 0 Å². The molecule has 3 aromatic rings. The highest BCUT2D eigenvalue weighted by Crippen LogP contribution is 2.22. The molecule has 27 heavy (non-hydrogen) atoms. The van der Waals surface area contributed by atoms with Gasteiger partial charge in [0.2, 0.25) is 0 Å². The Morgan fingerprint density at radius 3 is 2.44 bits per heavy atom. The molecule has 2 aromatic carbocycles. The molecule has 0 atom stereocenters. The number of hydrogen-bond acceptors (Lipinski definition) is 4. The lowest BCUT2D eigenvalue weighted by Crippen LogP contribution is -2.16. The van der Waals surface area contributed by atoms with Gasteiger partial charge >= 0.3 is 0 Å². The number of amides is 1. The van der Waals surface area contributed by atoms with Crippen molar-refractivity contribution in [3.8, 4) is 0 Å². The summed E-state index contributed by atoms with van der Waals surface area (Å²) in [6, 6.07) is 12.1. The number of hydrogen-bond donors (Lipinski definition) is 2. The van der Waals surface area contributed by atoms with Crippen LogP contribution in [-0.4, -0.2) is 15.9 Å². The highest BCUT2D eigenvalue weighted by Gasteiger charge is 2.13. The van der Waals surface area contributed by atoms with Crippen LogP contribution in [0.2, 0.25) is 0 Å². The summed E-state index contributed by atoms with van der Waals surface area (Å²) in [6.45, 7) is 6.19. The van der Waals surface area contributed by atoms with Crippen LogP contribution in [0.25, 0.3) is 0 Å². The van der Waals surface area contributed by atoms with Crippen LogP contribution in [0.1, 0.15) is 32.7 Å². The minimum atomic E-state index is -0.318. The fraction of sp³-hybridized carbons (Fsp3) is 0.190. The van der Waals surface area contributed by atoms with Gasteiger partial charge in [-0.25, -0.2) is 14.4 Å². The van der Waals surface area contributed by atoms with Gasteiger partial charge in [0.1, 0.15) is 23.7 Å². The van der Waals surface area contributed by atoms with Crippen molar-refractivity contribution in [1.82, 2.24) is 9.97 Å². The van der Waals surface area contributed by atoms with Crippen molar-refractivity contribution >= 4 is 17.4 Å². The Labute approximate surface area is 157 Å². The van der Waals surface area contributed by atoms with Crippen LogP contribution in [0.3, 0.4) is 0 Å². The first-order valence-electron chi connectivity index (χ1n) is 8.62. The van der Waals surface area contributed by atoms with E-state index in [4.69, 9.17) is 0 Å². The number of nitrogens with one attached hydrogen (secondary N) is 2. The summed E-state index contributed by atoms with van der Waals surface area (Å²) in [5.74, 6) is -0.153. The number of carbonyl (C=O) groups excluding carboxylic acids is 1. The highest BCUT2D eigenvalue weighted by molar-refractivity contribution is 6.04. The molecule has 0 radical (unpaired) electrons. The van der Waals surface area contributed by atoms with Crippen LogP contribution < -0.4 is 10.6 Å². The fourth-order valence-electron chi connectivity index (χ4n) is 2.96. The molecule has 138 valence electrons. The van der Waals surface area contributed by atoms with Crippen molar-refractivity contribution in [1.29, 1.82) is 0 Å². The Balaban J connectivity index is 1.73. The number of benzene rings is 2. The Hall–Kier alpha value is -3.28. The lowest BCUT2D eigenvalue weighted by molar-refractivity contribution is 0.102. The minimum absolute atomic E-state index is 0.236. The molecule has 0 saturated carbocycles. The average molecular weight is 364 g/mol. The minimum Gasteiger partial charge on any atom is -0.366 e. The Bertz CT molecular complexity index is 964. The van der Waals surface area contributed by atoms with Gasteiger partial charge in [0.15, 0.2) is 0 Å². The van der Waals surface area contributed by atoms with Gasteiger partial charge in [0.25, 0.3) is 5.91 Å². The van der Waals surface area contributed by atoms with E-state index in [2.05, 4.69) is 20.6 Å². The number of aryl methyl sites for hydroxylation is 3. The molecular weight excluding hydrogens is 343 g/mol. The maximum Gasteiger partial charge on any atom is 0.274 e. The number of nitrogens with zero attached hydrogens (tertiary/aromatic N) is 2. The maximum atomic E-state index is 13.7. The molecule has 5 nitrogen and oxygen atoms in total. The third-order valence-corrected chi connectivity index (χ3v) is 4.23. The summed E-state index contributed by atoms with van der Waals surface area (Å²) < 4.78 is 13.7. The predicted molar refractivity (Wildman–Crippen MR) is 104 cm³/mol. The molecule has 3 rings (SSSR count). The maximum absolute atomic E-state index is 13.7. The molecule has 6 heteroatoms. The van der Waals surface area contributed by atoms with E-state index in [0.29, 0.717) is 11.4 Å². The second-order valence-electron chi connectivity index (χ2n) is 6.46. The van der Waals surface area contributed by atoms with Crippen LogP contribution in [0.4, 0.5) is 15.9 Å². The van der Waals surface area contributed by atoms with E-state index >= 15 is 0 Å². The zero-order valence-corrected chi connectivity index (χ0v) is 15.5. The SMILES string of the molecule is Cc1cc(C)c(NC(=O)c2cc(NCc3ccccc3F)ncn2)c(C)c1. The second-order valence-corrected chi connectivity index (χ2v) is 6.46. The van der Waals surface area contributed by atoms with E-state index < -0.39 is 0 Å². The molecule has 0 bridgehead atoms. The first kappa shape index (κ1) is 18.5. The van der Waals surface area contributed by atoms with Crippen molar-refractivity contribution in [3.05, 3.63) is 82.6 Å². The standard InChI is InChI=1S/C21H21FN4O/c1-13-8-14(2)20(15(3)9-13)26-21(27)18-10-19(25-12-24-18)23-11-16-6-4-5-7-17(16)22/h4-10,12H,11H2,1-3H3,(H,26,27)(H,23,24,25). The van der Waals surface area contributed by atoms with Gasteiger partial charge in [-0.3, -0.25) is 4.79 Å². The van der Waals surface area contributed by atoms with E-state index in [9.17, 15) is 9.18 Å². The first-order chi connectivity index (χ1) is 12.9. The third kappa shape index (κ3) is 4.47. The number of aromatic nitrogens is 2. The summed E-state index contributed by atoms with van der Waals surface area (Å²) in [5, 5.41) is 5.94.